The van der Waals surface area contributed by atoms with Crippen molar-refractivity contribution < 1.29 is 23.5 Å². The number of rotatable bonds is 15. The Labute approximate surface area is 241 Å². The number of hydrogen-bond acceptors (Lipinski definition) is 4. The first kappa shape index (κ1) is 31.9. The number of carbonyl (C=O) groups excluding carboxylic acids is 2. The maximum Gasteiger partial charge on any atom is 0.251 e. The second kappa shape index (κ2) is 16.0. The quantitative estimate of drug-likeness (QED) is 0.190. The van der Waals surface area contributed by atoms with E-state index in [1.807, 2.05) is 12.1 Å². The highest BCUT2D eigenvalue weighted by Crippen LogP contribution is 2.15. The maximum absolute atomic E-state index is 13.9. The molecule has 8 heteroatoms. The van der Waals surface area contributed by atoms with E-state index in [0.717, 1.165) is 42.9 Å². The lowest BCUT2D eigenvalue weighted by molar-refractivity contribution is 0.0829. The van der Waals surface area contributed by atoms with Gasteiger partial charge in [0.2, 0.25) is 0 Å². The first-order chi connectivity index (χ1) is 19.7. The van der Waals surface area contributed by atoms with Crippen molar-refractivity contribution in [1.29, 1.82) is 0 Å². The molecule has 0 fully saturated rings. The molecule has 41 heavy (non-hydrogen) atoms. The number of nitrogens with one attached hydrogen (secondary N) is 3. The van der Waals surface area contributed by atoms with E-state index < -0.39 is 29.7 Å². The first-order valence-electron chi connectivity index (χ1n) is 14.3. The highest BCUT2D eigenvalue weighted by molar-refractivity contribution is 6.00. The fraction of sp³-hybridized carbons (Fsp3) is 0.394. The fourth-order valence-corrected chi connectivity index (χ4v) is 4.71. The van der Waals surface area contributed by atoms with Crippen LogP contribution in [0.15, 0.2) is 60.7 Å². The molecule has 0 aliphatic heterocycles. The smallest absolute Gasteiger partial charge is 0.251 e. The monoisotopic (exact) mass is 565 g/mol. The van der Waals surface area contributed by atoms with Crippen LogP contribution >= 0.6 is 0 Å². The minimum atomic E-state index is -1.06. The number of amides is 2. The number of carbonyl (C=O) groups is 2. The van der Waals surface area contributed by atoms with Crippen LogP contribution in [0.25, 0.3) is 0 Å². The fourth-order valence-electron chi connectivity index (χ4n) is 4.71. The number of aryl methyl sites for hydroxylation is 2. The van der Waals surface area contributed by atoms with E-state index in [9.17, 15) is 23.5 Å². The van der Waals surface area contributed by atoms with Gasteiger partial charge < -0.3 is 21.1 Å². The van der Waals surface area contributed by atoms with Crippen LogP contribution in [0.2, 0.25) is 0 Å². The summed E-state index contributed by atoms with van der Waals surface area (Å²) in [5, 5.41) is 20.0. The number of benzene rings is 3. The molecule has 0 radical (unpaired) electrons. The van der Waals surface area contributed by atoms with Crippen molar-refractivity contribution in [3.8, 4) is 0 Å². The van der Waals surface area contributed by atoms with Crippen LogP contribution in [0, 0.1) is 18.6 Å². The summed E-state index contributed by atoms with van der Waals surface area (Å²) in [6.07, 6.45) is 2.79. The second-order valence-electron chi connectivity index (χ2n) is 10.5. The Morgan fingerprint density at radius 3 is 2.22 bits per heavy atom. The van der Waals surface area contributed by atoms with Gasteiger partial charge in [-0.15, -0.1) is 0 Å². The number of hydrogen-bond donors (Lipinski definition) is 4. The molecule has 2 amide bonds. The molecule has 0 aromatic heterocycles. The summed E-state index contributed by atoms with van der Waals surface area (Å²) < 4.78 is 27.8. The summed E-state index contributed by atoms with van der Waals surface area (Å²) >= 11 is 0. The molecular formula is C33H41F2N3O3. The third kappa shape index (κ3) is 10.4. The average molecular weight is 566 g/mol. The van der Waals surface area contributed by atoms with Crippen LogP contribution in [-0.4, -0.2) is 42.2 Å². The van der Waals surface area contributed by atoms with Crippen molar-refractivity contribution in [2.45, 2.75) is 71.6 Å². The Hall–Kier alpha value is -3.62. The van der Waals surface area contributed by atoms with E-state index in [4.69, 9.17) is 0 Å². The van der Waals surface area contributed by atoms with Crippen molar-refractivity contribution in [3.63, 3.8) is 0 Å². The van der Waals surface area contributed by atoms with Gasteiger partial charge in [0.1, 0.15) is 11.6 Å². The SMILES string of the molecule is CCCCCNC(=O)c1cc(C)cc(C(=O)N[C@@H](Cc2cc(F)cc(F)c2)[C@H](O)CNCc2cccc(CC)c2)c1. The van der Waals surface area contributed by atoms with Gasteiger partial charge in [0.25, 0.3) is 11.8 Å². The van der Waals surface area contributed by atoms with E-state index in [0.29, 0.717) is 24.2 Å². The minimum Gasteiger partial charge on any atom is -0.390 e. The van der Waals surface area contributed by atoms with E-state index in [1.165, 1.54) is 23.8 Å². The zero-order valence-electron chi connectivity index (χ0n) is 24.1. The largest absolute Gasteiger partial charge is 0.390 e. The summed E-state index contributed by atoms with van der Waals surface area (Å²) in [7, 11) is 0. The Kier molecular flexibility index (Phi) is 12.4. The molecule has 0 unspecified atom stereocenters. The summed E-state index contributed by atoms with van der Waals surface area (Å²) in [6.45, 7) is 7.16. The van der Waals surface area contributed by atoms with Crippen molar-refractivity contribution in [2.75, 3.05) is 13.1 Å². The van der Waals surface area contributed by atoms with Gasteiger partial charge in [-0.2, -0.15) is 0 Å². The predicted molar refractivity (Wildman–Crippen MR) is 158 cm³/mol. The minimum absolute atomic E-state index is 0.00513. The molecule has 3 rings (SSSR count). The van der Waals surface area contributed by atoms with E-state index in [1.54, 1.807) is 19.1 Å². The van der Waals surface area contributed by atoms with Gasteiger partial charge in [0.05, 0.1) is 12.1 Å². The molecule has 3 aromatic rings. The summed E-state index contributed by atoms with van der Waals surface area (Å²) in [5.74, 6) is -2.23. The standard InChI is InChI=1S/C33H41F2N3O3/c1-4-6-7-11-37-32(40)26-12-22(3)13-27(18-26)33(41)38-30(17-25-15-28(34)19-29(35)16-25)31(39)21-36-20-24-10-8-9-23(5-2)14-24/h8-10,12-16,18-19,30-31,36,39H,4-7,11,17,20-21H2,1-3H3,(H,37,40)(H,38,41)/t30-,31+/m0/s1. The molecule has 0 aliphatic rings. The van der Waals surface area contributed by atoms with Crippen molar-refractivity contribution in [2.24, 2.45) is 0 Å². The van der Waals surface area contributed by atoms with Crippen molar-refractivity contribution in [1.82, 2.24) is 16.0 Å². The van der Waals surface area contributed by atoms with Gasteiger partial charge in [-0.25, -0.2) is 8.78 Å². The number of aliphatic hydroxyl groups is 1. The van der Waals surface area contributed by atoms with Crippen LogP contribution in [0.1, 0.15) is 76.1 Å². The van der Waals surface area contributed by atoms with Crippen LogP contribution in [-0.2, 0) is 19.4 Å². The topological polar surface area (TPSA) is 90.5 Å². The Morgan fingerprint density at radius 2 is 1.54 bits per heavy atom. The van der Waals surface area contributed by atoms with Gasteiger partial charge in [0, 0.05) is 36.8 Å². The van der Waals surface area contributed by atoms with Gasteiger partial charge in [0.15, 0.2) is 0 Å². The molecule has 0 saturated heterocycles. The molecule has 3 aromatic carbocycles. The maximum atomic E-state index is 13.9. The van der Waals surface area contributed by atoms with Gasteiger partial charge in [-0.3, -0.25) is 9.59 Å². The Balaban J connectivity index is 1.74. The van der Waals surface area contributed by atoms with Gasteiger partial charge >= 0.3 is 0 Å². The summed E-state index contributed by atoms with van der Waals surface area (Å²) in [4.78, 5) is 26.0. The van der Waals surface area contributed by atoms with E-state index >= 15 is 0 Å². The molecule has 0 aliphatic carbocycles. The molecule has 220 valence electrons. The van der Waals surface area contributed by atoms with Gasteiger partial charge in [-0.1, -0.05) is 51.0 Å². The molecule has 2 atom stereocenters. The number of aliphatic hydroxyl groups excluding tert-OH is 1. The first-order valence-corrected chi connectivity index (χ1v) is 14.3. The summed E-state index contributed by atoms with van der Waals surface area (Å²) in [6, 6.07) is 15.3. The number of halogens is 2. The lowest BCUT2D eigenvalue weighted by atomic mass is 9.99. The van der Waals surface area contributed by atoms with Crippen LogP contribution in [0.4, 0.5) is 8.78 Å². The normalized spacial score (nSPS) is 12.5. The molecule has 0 spiro atoms. The predicted octanol–water partition coefficient (Wildman–Crippen LogP) is 5.25. The molecule has 0 heterocycles. The van der Waals surface area contributed by atoms with E-state index in [2.05, 4.69) is 41.9 Å². The zero-order valence-corrected chi connectivity index (χ0v) is 24.1. The van der Waals surface area contributed by atoms with Crippen molar-refractivity contribution in [3.05, 3.63) is 106 Å². The van der Waals surface area contributed by atoms with Crippen LogP contribution in [0.5, 0.6) is 0 Å². The van der Waals surface area contributed by atoms with Crippen molar-refractivity contribution >= 4 is 11.8 Å². The zero-order chi connectivity index (χ0) is 29.8. The van der Waals surface area contributed by atoms with Gasteiger partial charge in [-0.05, 0) is 78.8 Å². The molecule has 0 bridgehead atoms. The second-order valence-corrected chi connectivity index (χ2v) is 10.5. The third-order valence-electron chi connectivity index (χ3n) is 6.91. The van der Waals surface area contributed by atoms with Crippen LogP contribution < -0.4 is 16.0 Å². The highest BCUT2D eigenvalue weighted by Gasteiger charge is 2.24. The summed E-state index contributed by atoms with van der Waals surface area (Å²) in [5.41, 5.74) is 3.93. The Bertz CT molecular complexity index is 1290. The van der Waals surface area contributed by atoms with E-state index in [-0.39, 0.29) is 24.4 Å². The molecule has 0 saturated carbocycles. The third-order valence-corrected chi connectivity index (χ3v) is 6.91. The molecule has 4 N–H and O–H groups in total. The lowest BCUT2D eigenvalue weighted by Crippen LogP contribution is -2.48. The Morgan fingerprint density at radius 1 is 0.854 bits per heavy atom. The molecular weight excluding hydrogens is 524 g/mol. The highest BCUT2D eigenvalue weighted by atomic mass is 19.1. The lowest BCUT2D eigenvalue weighted by Gasteiger charge is -2.25. The molecule has 6 nitrogen and oxygen atoms in total. The number of unbranched alkanes of at least 4 members (excludes halogenated alkanes) is 2. The average Bonchev–Trinajstić information content (AvgIpc) is 2.94. The van der Waals surface area contributed by atoms with Crippen LogP contribution in [0.3, 0.4) is 0 Å².